The maximum absolute atomic E-state index is 11.4. The van der Waals surface area contributed by atoms with Crippen LogP contribution in [0.2, 0.25) is 0 Å². The van der Waals surface area contributed by atoms with Gasteiger partial charge in [0.25, 0.3) is 5.69 Å². The van der Waals surface area contributed by atoms with Crippen LogP contribution in [0.3, 0.4) is 0 Å². The monoisotopic (exact) mass is 315 g/mol. The summed E-state index contributed by atoms with van der Waals surface area (Å²) in [5.41, 5.74) is 0.762. The fraction of sp³-hybridized carbons (Fsp3) is 0.375. The molecule has 0 spiro atoms. The van der Waals surface area contributed by atoms with Crippen LogP contribution < -0.4 is 4.90 Å². The third-order valence-electron chi connectivity index (χ3n) is 3.73. The zero-order valence-corrected chi connectivity index (χ0v) is 12.8. The van der Waals surface area contributed by atoms with Crippen LogP contribution in [0.1, 0.15) is 24.8 Å². The van der Waals surface area contributed by atoms with Gasteiger partial charge in [0, 0.05) is 19.2 Å². The van der Waals surface area contributed by atoms with Gasteiger partial charge in [0.05, 0.1) is 12.0 Å². The summed E-state index contributed by atoms with van der Waals surface area (Å²) in [6.45, 7) is 1.59. The zero-order chi connectivity index (χ0) is 16.8. The predicted octanol–water partition coefficient (Wildman–Crippen LogP) is 2.67. The Morgan fingerprint density at radius 2 is 2.09 bits per heavy atom. The second-order valence-electron chi connectivity index (χ2n) is 5.21. The van der Waals surface area contributed by atoms with E-state index in [1.807, 2.05) is 4.90 Å². The molecule has 1 saturated heterocycles. The number of benzene rings is 1. The van der Waals surface area contributed by atoms with E-state index in [0.717, 1.165) is 32.4 Å². The van der Waals surface area contributed by atoms with Crippen molar-refractivity contribution in [1.82, 2.24) is 0 Å². The first kappa shape index (κ1) is 16.5. The summed E-state index contributed by atoms with van der Waals surface area (Å²) in [5, 5.41) is 20.3. The fourth-order valence-electron chi connectivity index (χ4n) is 2.59. The molecular formula is C16H17N3O4. The van der Waals surface area contributed by atoms with Gasteiger partial charge >= 0.3 is 5.97 Å². The number of nitro groups is 1. The van der Waals surface area contributed by atoms with Gasteiger partial charge in [-0.3, -0.25) is 10.1 Å². The molecule has 0 N–H and O–H groups in total. The summed E-state index contributed by atoms with van der Waals surface area (Å²) in [5.74, 6) is -0.768. The third-order valence-corrected chi connectivity index (χ3v) is 3.73. The van der Waals surface area contributed by atoms with Crippen LogP contribution in [-0.4, -0.2) is 31.1 Å². The molecule has 120 valence electrons. The molecular weight excluding hydrogens is 298 g/mol. The maximum atomic E-state index is 11.4. The number of methoxy groups -OCH3 is 1. The number of nitrogens with zero attached hydrogens (tertiary/aromatic N) is 3. The lowest BCUT2D eigenvalue weighted by molar-refractivity contribution is -0.384. The average Bonchev–Trinajstić information content (AvgIpc) is 2.59. The fourth-order valence-corrected chi connectivity index (χ4v) is 2.59. The van der Waals surface area contributed by atoms with E-state index >= 15 is 0 Å². The van der Waals surface area contributed by atoms with Gasteiger partial charge in [-0.15, -0.1) is 0 Å². The highest BCUT2D eigenvalue weighted by atomic mass is 16.6. The van der Waals surface area contributed by atoms with E-state index < -0.39 is 10.9 Å². The standard InChI is InChI=1S/C16H17N3O4/c1-23-16(20)13(11-17)9-12-5-6-14(15(10-12)19(21)22)18-7-3-2-4-8-18/h5-6,9-10H,2-4,7-8H2,1H3/b13-9+. The number of ether oxygens (including phenoxy) is 1. The average molecular weight is 315 g/mol. The molecule has 1 aliphatic rings. The van der Waals surface area contributed by atoms with Crippen molar-refractivity contribution in [3.05, 3.63) is 39.4 Å². The molecule has 0 aliphatic carbocycles. The number of carbonyl (C=O) groups excluding carboxylic acids is 1. The van der Waals surface area contributed by atoms with Crippen LogP contribution >= 0.6 is 0 Å². The summed E-state index contributed by atoms with van der Waals surface area (Å²) >= 11 is 0. The molecule has 0 bridgehead atoms. The minimum atomic E-state index is -0.768. The van der Waals surface area contributed by atoms with E-state index in [0.29, 0.717) is 11.3 Å². The van der Waals surface area contributed by atoms with Crippen molar-refractivity contribution >= 4 is 23.4 Å². The number of piperidine rings is 1. The van der Waals surface area contributed by atoms with Gasteiger partial charge < -0.3 is 9.64 Å². The topological polar surface area (TPSA) is 96.5 Å². The molecule has 0 atom stereocenters. The summed E-state index contributed by atoms with van der Waals surface area (Å²) in [7, 11) is 1.18. The van der Waals surface area contributed by atoms with Crippen LogP contribution in [0.25, 0.3) is 6.08 Å². The predicted molar refractivity (Wildman–Crippen MR) is 84.8 cm³/mol. The smallest absolute Gasteiger partial charge is 0.348 e. The largest absolute Gasteiger partial charge is 0.465 e. The molecule has 1 aliphatic heterocycles. The highest BCUT2D eigenvalue weighted by Crippen LogP contribution is 2.31. The molecule has 0 saturated carbocycles. The first-order chi connectivity index (χ1) is 11.1. The van der Waals surface area contributed by atoms with Gasteiger partial charge in [-0.25, -0.2) is 4.79 Å². The SMILES string of the molecule is COC(=O)/C(C#N)=C/c1ccc(N2CCCCC2)c([N+](=O)[O-])c1. The molecule has 0 unspecified atom stereocenters. The van der Waals surface area contributed by atoms with Gasteiger partial charge in [0.1, 0.15) is 17.3 Å². The van der Waals surface area contributed by atoms with Gasteiger partial charge in [-0.2, -0.15) is 5.26 Å². The number of nitriles is 1. The van der Waals surface area contributed by atoms with Crippen molar-refractivity contribution in [3.8, 4) is 6.07 Å². The van der Waals surface area contributed by atoms with Gasteiger partial charge in [-0.05, 0) is 37.0 Å². The second kappa shape index (κ2) is 7.40. The molecule has 7 nitrogen and oxygen atoms in total. The van der Waals surface area contributed by atoms with Crippen LogP contribution in [0.15, 0.2) is 23.8 Å². The molecule has 1 aromatic carbocycles. The van der Waals surface area contributed by atoms with E-state index in [2.05, 4.69) is 4.74 Å². The van der Waals surface area contributed by atoms with E-state index in [-0.39, 0.29) is 11.3 Å². The molecule has 1 heterocycles. The molecule has 1 fully saturated rings. The number of anilines is 1. The molecule has 1 aromatic rings. The highest BCUT2D eigenvalue weighted by Gasteiger charge is 2.21. The van der Waals surface area contributed by atoms with Gasteiger partial charge in [0.2, 0.25) is 0 Å². The number of rotatable bonds is 4. The zero-order valence-electron chi connectivity index (χ0n) is 12.8. The van der Waals surface area contributed by atoms with Crippen molar-refractivity contribution in [3.63, 3.8) is 0 Å². The van der Waals surface area contributed by atoms with Crippen molar-refractivity contribution < 1.29 is 14.5 Å². The Kier molecular flexibility index (Phi) is 5.31. The van der Waals surface area contributed by atoms with Crippen LogP contribution in [0, 0.1) is 21.4 Å². The van der Waals surface area contributed by atoms with Crippen molar-refractivity contribution in [1.29, 1.82) is 5.26 Å². The molecule has 0 aromatic heterocycles. The first-order valence-electron chi connectivity index (χ1n) is 7.30. The normalized spacial score (nSPS) is 15.0. The Morgan fingerprint density at radius 1 is 1.39 bits per heavy atom. The minimum Gasteiger partial charge on any atom is -0.465 e. The quantitative estimate of drug-likeness (QED) is 0.278. The lowest BCUT2D eigenvalue weighted by atomic mass is 10.1. The molecule has 2 rings (SSSR count). The number of carbonyl (C=O) groups is 1. The molecule has 0 amide bonds. The van der Waals surface area contributed by atoms with Crippen molar-refractivity contribution in [2.75, 3.05) is 25.1 Å². The van der Waals surface area contributed by atoms with Gasteiger partial charge in [0.15, 0.2) is 0 Å². The van der Waals surface area contributed by atoms with E-state index in [1.54, 1.807) is 18.2 Å². The highest BCUT2D eigenvalue weighted by molar-refractivity contribution is 5.98. The number of nitro benzene ring substituents is 1. The van der Waals surface area contributed by atoms with Crippen LogP contribution in [0.5, 0.6) is 0 Å². The summed E-state index contributed by atoms with van der Waals surface area (Å²) in [6.07, 6.45) is 4.45. The Bertz CT molecular complexity index is 685. The Balaban J connectivity index is 2.39. The number of hydrogen-bond donors (Lipinski definition) is 0. The maximum Gasteiger partial charge on any atom is 0.348 e. The van der Waals surface area contributed by atoms with Crippen molar-refractivity contribution in [2.24, 2.45) is 0 Å². The van der Waals surface area contributed by atoms with Crippen LogP contribution in [0.4, 0.5) is 11.4 Å². The lowest BCUT2D eigenvalue weighted by Gasteiger charge is -2.28. The summed E-state index contributed by atoms with van der Waals surface area (Å²) in [4.78, 5) is 24.4. The summed E-state index contributed by atoms with van der Waals surface area (Å²) < 4.78 is 4.50. The summed E-state index contributed by atoms with van der Waals surface area (Å²) in [6, 6.07) is 6.45. The Hall–Kier alpha value is -2.88. The second-order valence-corrected chi connectivity index (χ2v) is 5.21. The molecule has 7 heteroatoms. The lowest BCUT2D eigenvalue weighted by Crippen LogP contribution is -2.29. The number of hydrogen-bond acceptors (Lipinski definition) is 6. The Morgan fingerprint density at radius 3 is 2.65 bits per heavy atom. The van der Waals surface area contributed by atoms with E-state index in [9.17, 15) is 14.9 Å². The van der Waals surface area contributed by atoms with Gasteiger partial charge in [-0.1, -0.05) is 6.07 Å². The number of esters is 1. The minimum absolute atomic E-state index is 0.0252. The molecule has 23 heavy (non-hydrogen) atoms. The molecule has 0 radical (unpaired) electrons. The van der Waals surface area contributed by atoms with Crippen molar-refractivity contribution in [2.45, 2.75) is 19.3 Å². The third kappa shape index (κ3) is 3.86. The van der Waals surface area contributed by atoms with E-state index in [4.69, 9.17) is 5.26 Å². The first-order valence-corrected chi connectivity index (χ1v) is 7.30. The van der Waals surface area contributed by atoms with Crippen LogP contribution in [-0.2, 0) is 9.53 Å². The Labute approximate surface area is 133 Å². The van der Waals surface area contributed by atoms with E-state index in [1.165, 1.54) is 19.3 Å².